The number of hydrogen-bond donors (Lipinski definition) is 1. The molecule has 0 spiro atoms. The van der Waals surface area contributed by atoms with E-state index in [1.807, 2.05) is 11.3 Å². The second kappa shape index (κ2) is 12.4. The molecule has 1 aromatic rings. The maximum absolute atomic E-state index is 3.65. The van der Waals surface area contributed by atoms with Gasteiger partial charge in [0.05, 0.1) is 0 Å². The summed E-state index contributed by atoms with van der Waals surface area (Å²) in [6.45, 7) is 5.59. The Balaban J connectivity index is 2.04. The molecule has 1 unspecified atom stereocenters. The molecule has 0 fully saturated rings. The summed E-state index contributed by atoms with van der Waals surface area (Å²) >= 11 is 1.89. The Hall–Kier alpha value is -0.340. The minimum absolute atomic E-state index is 0.679. The summed E-state index contributed by atoms with van der Waals surface area (Å²) in [6.07, 6.45) is 13.9. The molecule has 0 aliphatic rings. The molecule has 1 N–H and O–H groups in total. The van der Waals surface area contributed by atoms with E-state index in [1.165, 1.54) is 69.1 Å². The molecule has 0 saturated carbocycles. The average Bonchev–Trinajstić information content (AvgIpc) is 2.95. The van der Waals surface area contributed by atoms with Gasteiger partial charge in [0, 0.05) is 10.9 Å². The van der Waals surface area contributed by atoms with Gasteiger partial charge < -0.3 is 5.32 Å². The van der Waals surface area contributed by atoms with Crippen LogP contribution in [0.2, 0.25) is 0 Å². The van der Waals surface area contributed by atoms with Crippen molar-refractivity contribution < 1.29 is 0 Å². The molecule has 2 heteroatoms. The third kappa shape index (κ3) is 8.76. The van der Waals surface area contributed by atoms with Gasteiger partial charge in [0.1, 0.15) is 0 Å². The summed E-state index contributed by atoms with van der Waals surface area (Å²) in [7, 11) is 0. The summed E-state index contributed by atoms with van der Waals surface area (Å²) in [4.78, 5) is 1.52. The van der Waals surface area contributed by atoms with Gasteiger partial charge in [-0.2, -0.15) is 0 Å². The lowest BCUT2D eigenvalue weighted by Gasteiger charge is -2.17. The molecular weight excluding hydrogens is 262 g/mol. The highest BCUT2D eigenvalue weighted by Gasteiger charge is 2.08. The predicted octanol–water partition coefficient (Wildman–Crippen LogP) is 5.80. The summed E-state index contributed by atoms with van der Waals surface area (Å²) < 4.78 is 0. The highest BCUT2D eigenvalue weighted by molar-refractivity contribution is 7.09. The van der Waals surface area contributed by atoms with Crippen molar-refractivity contribution in [2.24, 2.45) is 0 Å². The summed E-state index contributed by atoms with van der Waals surface area (Å²) in [5.74, 6) is 0. The van der Waals surface area contributed by atoms with Crippen LogP contribution in [0.5, 0.6) is 0 Å². The third-order valence-electron chi connectivity index (χ3n) is 3.93. The molecule has 1 rings (SSSR count). The van der Waals surface area contributed by atoms with E-state index in [2.05, 4.69) is 36.7 Å². The fourth-order valence-corrected chi connectivity index (χ4v) is 3.55. The Labute approximate surface area is 130 Å². The molecule has 1 atom stereocenters. The van der Waals surface area contributed by atoms with Gasteiger partial charge in [0.15, 0.2) is 0 Å². The smallest absolute Gasteiger partial charge is 0.0115 e. The average molecular weight is 296 g/mol. The quantitative estimate of drug-likeness (QED) is 0.453. The van der Waals surface area contributed by atoms with Gasteiger partial charge >= 0.3 is 0 Å². The number of rotatable bonds is 13. The molecule has 1 heterocycles. The first-order chi connectivity index (χ1) is 9.86. The van der Waals surface area contributed by atoms with Crippen LogP contribution in [-0.2, 0) is 6.42 Å². The van der Waals surface area contributed by atoms with Crippen LogP contribution in [-0.4, -0.2) is 12.6 Å². The van der Waals surface area contributed by atoms with Crippen molar-refractivity contribution in [2.75, 3.05) is 6.54 Å². The van der Waals surface area contributed by atoms with Crippen LogP contribution in [0.25, 0.3) is 0 Å². The number of likely N-dealkylation sites (N-methyl/N-ethyl adjacent to an activating group) is 1. The summed E-state index contributed by atoms with van der Waals surface area (Å²) in [5, 5.41) is 5.84. The van der Waals surface area contributed by atoms with E-state index < -0.39 is 0 Å². The topological polar surface area (TPSA) is 12.0 Å². The van der Waals surface area contributed by atoms with Gasteiger partial charge in [-0.1, -0.05) is 71.3 Å². The van der Waals surface area contributed by atoms with Crippen LogP contribution < -0.4 is 5.32 Å². The maximum atomic E-state index is 3.65. The van der Waals surface area contributed by atoms with Gasteiger partial charge in [-0.05, 0) is 30.8 Å². The first kappa shape index (κ1) is 17.7. The molecule has 0 aliphatic carbocycles. The van der Waals surface area contributed by atoms with Gasteiger partial charge in [-0.25, -0.2) is 0 Å². The minimum atomic E-state index is 0.679. The van der Waals surface area contributed by atoms with Crippen molar-refractivity contribution in [1.29, 1.82) is 0 Å². The first-order valence-electron chi connectivity index (χ1n) is 8.62. The monoisotopic (exact) mass is 295 g/mol. The Morgan fingerprint density at radius 1 is 1.00 bits per heavy atom. The Kier molecular flexibility index (Phi) is 11.0. The summed E-state index contributed by atoms with van der Waals surface area (Å²) in [5.41, 5.74) is 0. The third-order valence-corrected chi connectivity index (χ3v) is 4.83. The van der Waals surface area contributed by atoms with Crippen LogP contribution >= 0.6 is 11.3 Å². The predicted molar refractivity (Wildman–Crippen MR) is 92.7 cm³/mol. The molecule has 0 bridgehead atoms. The van der Waals surface area contributed by atoms with Gasteiger partial charge in [-0.15, -0.1) is 11.3 Å². The second-order valence-electron chi connectivity index (χ2n) is 5.80. The van der Waals surface area contributed by atoms with E-state index in [4.69, 9.17) is 0 Å². The first-order valence-corrected chi connectivity index (χ1v) is 9.50. The van der Waals surface area contributed by atoms with Crippen LogP contribution in [0.3, 0.4) is 0 Å². The molecule has 0 aliphatic heterocycles. The lowest BCUT2D eigenvalue weighted by atomic mass is 10.0. The van der Waals surface area contributed by atoms with Crippen molar-refractivity contribution in [2.45, 2.75) is 84.1 Å². The number of nitrogens with one attached hydrogen (secondary N) is 1. The fourth-order valence-electron chi connectivity index (χ4n) is 2.76. The highest BCUT2D eigenvalue weighted by Crippen LogP contribution is 2.15. The molecule has 0 aromatic carbocycles. The molecule has 1 nitrogen and oxygen atoms in total. The number of thiophene rings is 1. The zero-order valence-electron chi connectivity index (χ0n) is 13.5. The molecule has 0 saturated heterocycles. The molecule has 20 heavy (non-hydrogen) atoms. The normalized spacial score (nSPS) is 12.7. The number of hydrogen-bond acceptors (Lipinski definition) is 2. The second-order valence-corrected chi connectivity index (χ2v) is 6.83. The SMILES string of the molecule is CCCCCCCCCCC(Cc1cccs1)NCC. The van der Waals surface area contributed by atoms with E-state index in [0.717, 1.165) is 6.54 Å². The van der Waals surface area contributed by atoms with Crippen LogP contribution in [0.4, 0.5) is 0 Å². The zero-order valence-corrected chi connectivity index (χ0v) is 14.3. The standard InChI is InChI=1S/C18H33NS/c1-3-5-6-7-8-9-10-11-13-17(19-4-2)16-18-14-12-15-20-18/h12,14-15,17,19H,3-11,13,16H2,1-2H3. The largest absolute Gasteiger partial charge is 0.314 e. The van der Waals surface area contributed by atoms with E-state index in [9.17, 15) is 0 Å². The Morgan fingerprint density at radius 3 is 2.30 bits per heavy atom. The zero-order chi connectivity index (χ0) is 14.5. The summed E-state index contributed by atoms with van der Waals surface area (Å²) in [6, 6.07) is 5.11. The van der Waals surface area contributed by atoms with Gasteiger partial charge in [0.2, 0.25) is 0 Å². The van der Waals surface area contributed by atoms with E-state index in [0.29, 0.717) is 6.04 Å². The van der Waals surface area contributed by atoms with Crippen molar-refractivity contribution in [3.63, 3.8) is 0 Å². The van der Waals surface area contributed by atoms with Crippen molar-refractivity contribution in [1.82, 2.24) is 5.32 Å². The van der Waals surface area contributed by atoms with Gasteiger partial charge in [0.25, 0.3) is 0 Å². The van der Waals surface area contributed by atoms with E-state index in [1.54, 1.807) is 0 Å². The van der Waals surface area contributed by atoms with Gasteiger partial charge in [-0.3, -0.25) is 0 Å². The molecule has 0 amide bonds. The molecule has 0 radical (unpaired) electrons. The molecule has 1 aromatic heterocycles. The Bertz CT molecular complexity index is 294. The fraction of sp³-hybridized carbons (Fsp3) is 0.778. The minimum Gasteiger partial charge on any atom is -0.314 e. The van der Waals surface area contributed by atoms with Crippen molar-refractivity contribution in [3.8, 4) is 0 Å². The maximum Gasteiger partial charge on any atom is 0.0115 e. The van der Waals surface area contributed by atoms with Crippen LogP contribution in [0, 0.1) is 0 Å². The molecular formula is C18H33NS. The van der Waals surface area contributed by atoms with Crippen LogP contribution in [0.15, 0.2) is 17.5 Å². The van der Waals surface area contributed by atoms with Crippen molar-refractivity contribution >= 4 is 11.3 Å². The highest BCUT2D eigenvalue weighted by atomic mass is 32.1. The van der Waals surface area contributed by atoms with Crippen molar-refractivity contribution in [3.05, 3.63) is 22.4 Å². The molecule has 116 valence electrons. The van der Waals surface area contributed by atoms with E-state index >= 15 is 0 Å². The number of unbranched alkanes of at least 4 members (excludes halogenated alkanes) is 7. The lowest BCUT2D eigenvalue weighted by molar-refractivity contribution is 0.460. The Morgan fingerprint density at radius 2 is 1.70 bits per heavy atom. The van der Waals surface area contributed by atoms with E-state index in [-0.39, 0.29) is 0 Å². The lowest BCUT2D eigenvalue weighted by Crippen LogP contribution is -2.30. The van der Waals surface area contributed by atoms with Crippen LogP contribution in [0.1, 0.15) is 76.5 Å².